The number of nitriles is 1. The molecule has 1 saturated heterocycles. The number of aliphatic hydroxyl groups excluding tert-OH is 1. The van der Waals surface area contributed by atoms with Crippen molar-refractivity contribution in [2.45, 2.75) is 19.0 Å². The van der Waals surface area contributed by atoms with Crippen LogP contribution in [0.25, 0.3) is 5.69 Å². The Morgan fingerprint density at radius 3 is 2.77 bits per heavy atom. The monoisotopic (exact) mass is 427 g/mol. The van der Waals surface area contributed by atoms with E-state index in [1.807, 2.05) is 6.07 Å². The summed E-state index contributed by atoms with van der Waals surface area (Å²) in [6.07, 6.45) is 2.22. The predicted molar refractivity (Wildman–Crippen MR) is 106 cm³/mol. The Balaban J connectivity index is 1.68. The lowest BCUT2D eigenvalue weighted by Crippen LogP contribution is -2.56. The second-order valence-electron chi connectivity index (χ2n) is 7.19. The zero-order chi connectivity index (χ0) is 22.2. The van der Waals surface area contributed by atoms with E-state index in [9.17, 15) is 19.1 Å². The van der Waals surface area contributed by atoms with E-state index in [2.05, 4.69) is 15.1 Å². The summed E-state index contributed by atoms with van der Waals surface area (Å²) in [4.78, 5) is 9.86. The largest absolute Gasteiger partial charge is 0.437 e. The van der Waals surface area contributed by atoms with Crippen molar-refractivity contribution < 1.29 is 18.6 Å². The SMILES string of the molecule is Cc1nc(Oc2cc(C#N)ccc2-n2cc(C(O)CN)cn2)cc(N2CC(F)(F)C2)n1. The molecule has 0 radical (unpaired) electrons. The van der Waals surface area contributed by atoms with Crippen LogP contribution in [0.5, 0.6) is 11.6 Å². The maximum absolute atomic E-state index is 13.2. The van der Waals surface area contributed by atoms with Gasteiger partial charge in [0.05, 0.1) is 37.0 Å². The summed E-state index contributed by atoms with van der Waals surface area (Å²) in [5, 5.41) is 23.4. The van der Waals surface area contributed by atoms with Crippen molar-refractivity contribution in [1.82, 2.24) is 19.7 Å². The second-order valence-corrected chi connectivity index (χ2v) is 7.19. The highest BCUT2D eigenvalue weighted by atomic mass is 19.3. The fourth-order valence-corrected chi connectivity index (χ4v) is 3.16. The molecule has 0 aliphatic carbocycles. The van der Waals surface area contributed by atoms with Crippen molar-refractivity contribution in [3.05, 3.63) is 53.6 Å². The lowest BCUT2D eigenvalue weighted by atomic mass is 10.1. The molecule has 31 heavy (non-hydrogen) atoms. The van der Waals surface area contributed by atoms with Gasteiger partial charge in [-0.3, -0.25) is 0 Å². The molecule has 3 heterocycles. The van der Waals surface area contributed by atoms with Gasteiger partial charge in [-0.05, 0) is 19.1 Å². The van der Waals surface area contributed by atoms with Crippen LogP contribution in [0.4, 0.5) is 14.6 Å². The highest BCUT2D eigenvalue weighted by Gasteiger charge is 2.44. The zero-order valence-corrected chi connectivity index (χ0v) is 16.5. The van der Waals surface area contributed by atoms with Crippen molar-refractivity contribution in [2.24, 2.45) is 5.73 Å². The van der Waals surface area contributed by atoms with E-state index >= 15 is 0 Å². The average Bonchev–Trinajstić information content (AvgIpc) is 3.20. The van der Waals surface area contributed by atoms with E-state index in [0.29, 0.717) is 28.5 Å². The van der Waals surface area contributed by atoms with Crippen LogP contribution >= 0.6 is 0 Å². The van der Waals surface area contributed by atoms with Gasteiger partial charge in [-0.15, -0.1) is 0 Å². The number of aliphatic hydroxyl groups is 1. The molecular weight excluding hydrogens is 408 g/mol. The lowest BCUT2D eigenvalue weighted by molar-refractivity contribution is -0.0267. The Morgan fingerprint density at radius 2 is 2.10 bits per heavy atom. The van der Waals surface area contributed by atoms with Gasteiger partial charge in [0.15, 0.2) is 5.75 Å². The van der Waals surface area contributed by atoms with Gasteiger partial charge in [0, 0.05) is 30.4 Å². The van der Waals surface area contributed by atoms with E-state index in [1.54, 1.807) is 25.3 Å². The van der Waals surface area contributed by atoms with Crippen molar-refractivity contribution in [3.63, 3.8) is 0 Å². The van der Waals surface area contributed by atoms with Gasteiger partial charge in [0.1, 0.15) is 17.3 Å². The fourth-order valence-electron chi connectivity index (χ4n) is 3.16. The van der Waals surface area contributed by atoms with Gasteiger partial charge in [0.2, 0.25) is 5.88 Å². The molecule has 1 atom stereocenters. The topological polar surface area (TPSA) is 126 Å². The number of halogens is 2. The molecular formula is C20H19F2N7O2. The van der Waals surface area contributed by atoms with Crippen molar-refractivity contribution in [1.29, 1.82) is 5.26 Å². The van der Waals surface area contributed by atoms with Crippen LogP contribution in [0.1, 0.15) is 23.1 Å². The summed E-state index contributed by atoms with van der Waals surface area (Å²) in [5.74, 6) is -1.63. The van der Waals surface area contributed by atoms with E-state index in [0.717, 1.165) is 0 Å². The maximum atomic E-state index is 13.2. The van der Waals surface area contributed by atoms with E-state index in [1.165, 1.54) is 27.9 Å². The number of hydrogen-bond acceptors (Lipinski definition) is 8. The lowest BCUT2D eigenvalue weighted by Gasteiger charge is -2.39. The Morgan fingerprint density at radius 1 is 1.32 bits per heavy atom. The first-order valence-electron chi connectivity index (χ1n) is 9.41. The number of ether oxygens (including phenoxy) is 1. The van der Waals surface area contributed by atoms with Crippen LogP contribution in [-0.2, 0) is 0 Å². The summed E-state index contributed by atoms with van der Waals surface area (Å²) in [6.45, 7) is 0.838. The summed E-state index contributed by atoms with van der Waals surface area (Å²) < 4.78 is 33.9. The zero-order valence-electron chi connectivity index (χ0n) is 16.5. The first kappa shape index (κ1) is 20.6. The van der Waals surface area contributed by atoms with Crippen LogP contribution in [0.2, 0.25) is 0 Å². The molecule has 160 valence electrons. The Hall–Kier alpha value is -3.62. The van der Waals surface area contributed by atoms with E-state index in [-0.39, 0.29) is 18.2 Å². The second kappa shape index (κ2) is 7.90. The minimum atomic E-state index is -2.74. The molecule has 11 heteroatoms. The van der Waals surface area contributed by atoms with Gasteiger partial charge in [0.25, 0.3) is 5.92 Å². The first-order valence-corrected chi connectivity index (χ1v) is 9.41. The van der Waals surface area contributed by atoms with Crippen LogP contribution in [0, 0.1) is 18.3 Å². The minimum Gasteiger partial charge on any atom is -0.437 e. The average molecular weight is 427 g/mol. The van der Waals surface area contributed by atoms with Gasteiger partial charge in [-0.25, -0.2) is 18.4 Å². The van der Waals surface area contributed by atoms with Crippen molar-refractivity contribution >= 4 is 5.82 Å². The van der Waals surface area contributed by atoms with Crippen LogP contribution < -0.4 is 15.4 Å². The molecule has 1 aliphatic heterocycles. The minimum absolute atomic E-state index is 0.0426. The van der Waals surface area contributed by atoms with Crippen LogP contribution in [-0.4, -0.2) is 50.4 Å². The van der Waals surface area contributed by atoms with Crippen molar-refractivity contribution in [2.75, 3.05) is 24.5 Å². The summed E-state index contributed by atoms with van der Waals surface area (Å²) in [6, 6.07) is 8.27. The number of aromatic nitrogens is 4. The third-order valence-corrected chi connectivity index (χ3v) is 4.73. The quantitative estimate of drug-likeness (QED) is 0.612. The first-order chi connectivity index (χ1) is 14.8. The normalized spacial score (nSPS) is 15.8. The predicted octanol–water partition coefficient (Wildman–Crippen LogP) is 2.08. The standard InChI is InChI=1S/C20H19F2N7O2/c1-12-26-18(28-10-20(21,22)11-28)5-19(27-12)31-17-4-13(6-23)2-3-15(17)29-9-14(8-25-29)16(30)7-24/h2-5,8-9,16,30H,7,10-11,24H2,1H3. The Labute approximate surface area is 176 Å². The van der Waals surface area contributed by atoms with E-state index < -0.39 is 25.1 Å². The molecule has 3 aromatic rings. The molecule has 4 rings (SSSR count). The summed E-state index contributed by atoms with van der Waals surface area (Å²) >= 11 is 0. The molecule has 9 nitrogen and oxygen atoms in total. The van der Waals surface area contributed by atoms with Gasteiger partial charge in [-0.2, -0.15) is 15.3 Å². The molecule has 0 amide bonds. The number of aryl methyl sites for hydroxylation is 1. The number of anilines is 1. The molecule has 1 aliphatic rings. The summed E-state index contributed by atoms with van der Waals surface area (Å²) in [7, 11) is 0. The van der Waals surface area contributed by atoms with Crippen molar-refractivity contribution in [3.8, 4) is 23.4 Å². The number of alkyl halides is 2. The number of benzene rings is 1. The Kier molecular flexibility index (Phi) is 5.26. The molecule has 0 bridgehead atoms. The van der Waals surface area contributed by atoms with Gasteiger partial charge in [-0.1, -0.05) is 0 Å². The molecule has 1 unspecified atom stereocenters. The van der Waals surface area contributed by atoms with Crippen LogP contribution in [0.3, 0.4) is 0 Å². The highest BCUT2D eigenvalue weighted by molar-refractivity contribution is 5.54. The number of hydrogen-bond donors (Lipinski definition) is 2. The number of nitrogens with zero attached hydrogens (tertiary/aromatic N) is 6. The smallest absolute Gasteiger partial charge is 0.282 e. The van der Waals surface area contributed by atoms with Crippen LogP contribution in [0.15, 0.2) is 36.7 Å². The summed E-state index contributed by atoms with van der Waals surface area (Å²) in [5.41, 5.74) is 6.86. The number of nitrogens with two attached hydrogens (primary N) is 1. The molecule has 3 N–H and O–H groups in total. The molecule has 1 fully saturated rings. The molecule has 0 spiro atoms. The number of rotatable bonds is 6. The third kappa shape index (κ3) is 4.30. The maximum Gasteiger partial charge on any atom is 0.282 e. The highest BCUT2D eigenvalue weighted by Crippen LogP contribution is 2.34. The molecule has 0 saturated carbocycles. The fraction of sp³-hybridized carbons (Fsp3) is 0.300. The van der Waals surface area contributed by atoms with Gasteiger partial charge >= 0.3 is 0 Å². The van der Waals surface area contributed by atoms with Gasteiger partial charge < -0.3 is 20.5 Å². The molecule has 1 aromatic carbocycles. The Bertz CT molecular complexity index is 1150. The van der Waals surface area contributed by atoms with E-state index in [4.69, 9.17) is 10.5 Å². The third-order valence-electron chi connectivity index (χ3n) is 4.73. The molecule has 2 aromatic heterocycles.